The molecule has 0 amide bonds. The highest BCUT2D eigenvalue weighted by atomic mass is 32.1. The summed E-state index contributed by atoms with van der Waals surface area (Å²) in [6.07, 6.45) is 0. The predicted molar refractivity (Wildman–Crippen MR) is 92.2 cm³/mol. The van der Waals surface area contributed by atoms with Crippen LogP contribution in [-0.2, 0) is 6.54 Å². The first kappa shape index (κ1) is 14.7. The smallest absolute Gasteiger partial charge is 0.261 e. The Kier molecular flexibility index (Phi) is 3.72. The van der Waals surface area contributed by atoms with Gasteiger partial charge in [-0.2, -0.15) is 0 Å². The van der Waals surface area contributed by atoms with E-state index < -0.39 is 0 Å². The maximum absolute atomic E-state index is 12.1. The molecule has 0 unspecified atom stereocenters. The fraction of sp³-hybridized carbons (Fsp3) is 0.250. The van der Waals surface area contributed by atoms with Crippen LogP contribution in [-0.4, -0.2) is 29.0 Å². The molecule has 0 aliphatic carbocycles. The molecule has 0 spiro atoms. The van der Waals surface area contributed by atoms with Gasteiger partial charge in [0.05, 0.1) is 5.39 Å². The summed E-state index contributed by atoms with van der Waals surface area (Å²) in [5, 5.41) is 0.632. The van der Waals surface area contributed by atoms with Gasteiger partial charge in [-0.05, 0) is 43.8 Å². The average molecular weight is 314 g/mol. The first-order chi connectivity index (χ1) is 10.5. The molecule has 0 atom stereocenters. The van der Waals surface area contributed by atoms with Gasteiger partial charge in [-0.25, -0.2) is 4.98 Å². The molecule has 2 heterocycles. The van der Waals surface area contributed by atoms with Crippen LogP contribution in [0, 0.1) is 6.92 Å². The maximum Gasteiger partial charge on any atom is 0.261 e. The lowest BCUT2D eigenvalue weighted by molar-refractivity contribution is 0.402. The lowest BCUT2D eigenvalue weighted by atomic mass is 10.1. The van der Waals surface area contributed by atoms with Crippen LogP contribution in [0.1, 0.15) is 11.1 Å². The first-order valence-corrected chi connectivity index (χ1v) is 7.80. The standard InChI is InChI=1S/C16H18N4OS/c1-9-12-14(21)18-16(17)19-15(12)22-13(9)11-6-4-5-10(7-11)8-20(2)3/h4-7H,8H2,1-3H3,(H3,17,18,19,21). The van der Waals surface area contributed by atoms with Crippen LogP contribution >= 0.6 is 11.3 Å². The number of nitrogens with one attached hydrogen (secondary N) is 1. The van der Waals surface area contributed by atoms with Crippen molar-refractivity contribution in [1.29, 1.82) is 0 Å². The molecule has 2 aromatic heterocycles. The molecule has 0 aliphatic heterocycles. The van der Waals surface area contributed by atoms with E-state index in [0.717, 1.165) is 22.5 Å². The van der Waals surface area contributed by atoms with E-state index in [0.29, 0.717) is 10.2 Å². The normalized spacial score (nSPS) is 11.5. The highest BCUT2D eigenvalue weighted by molar-refractivity contribution is 7.22. The number of anilines is 1. The van der Waals surface area contributed by atoms with Crippen LogP contribution in [0.25, 0.3) is 20.7 Å². The van der Waals surface area contributed by atoms with E-state index in [1.54, 1.807) is 0 Å². The van der Waals surface area contributed by atoms with E-state index in [1.165, 1.54) is 16.9 Å². The van der Waals surface area contributed by atoms with Gasteiger partial charge in [0.2, 0.25) is 5.95 Å². The van der Waals surface area contributed by atoms with Crippen molar-refractivity contribution < 1.29 is 0 Å². The van der Waals surface area contributed by atoms with E-state index in [9.17, 15) is 4.79 Å². The van der Waals surface area contributed by atoms with Crippen molar-refractivity contribution in [2.24, 2.45) is 0 Å². The number of benzene rings is 1. The van der Waals surface area contributed by atoms with Gasteiger partial charge in [0.25, 0.3) is 5.56 Å². The van der Waals surface area contributed by atoms with E-state index in [2.05, 4.69) is 33.1 Å². The van der Waals surface area contributed by atoms with Crippen LogP contribution < -0.4 is 11.3 Å². The molecule has 5 nitrogen and oxygen atoms in total. The average Bonchev–Trinajstić information content (AvgIpc) is 2.75. The van der Waals surface area contributed by atoms with Crippen molar-refractivity contribution in [3.63, 3.8) is 0 Å². The molecule has 0 bridgehead atoms. The Labute approximate surface area is 132 Å². The number of aromatic amines is 1. The SMILES string of the molecule is Cc1c(-c2cccc(CN(C)C)c2)sc2nc(N)[nH]c(=O)c12. The highest BCUT2D eigenvalue weighted by Gasteiger charge is 2.15. The van der Waals surface area contributed by atoms with Gasteiger partial charge in [0, 0.05) is 11.4 Å². The molecule has 0 radical (unpaired) electrons. The summed E-state index contributed by atoms with van der Waals surface area (Å²) in [7, 11) is 4.09. The molecular formula is C16H18N4OS. The second-order valence-electron chi connectivity index (χ2n) is 5.63. The van der Waals surface area contributed by atoms with Gasteiger partial charge in [0.15, 0.2) is 0 Å². The van der Waals surface area contributed by atoms with Gasteiger partial charge in [-0.15, -0.1) is 11.3 Å². The van der Waals surface area contributed by atoms with E-state index in [1.807, 2.05) is 27.1 Å². The Balaban J connectivity index is 2.16. The molecular weight excluding hydrogens is 296 g/mol. The van der Waals surface area contributed by atoms with Gasteiger partial charge in [-0.1, -0.05) is 18.2 Å². The van der Waals surface area contributed by atoms with Crippen LogP contribution in [0.3, 0.4) is 0 Å². The number of rotatable bonds is 3. The molecule has 1 aromatic carbocycles. The minimum absolute atomic E-state index is 0.159. The third-order valence-corrected chi connectivity index (χ3v) is 4.74. The second-order valence-corrected chi connectivity index (χ2v) is 6.62. The molecule has 3 N–H and O–H groups in total. The fourth-order valence-corrected chi connectivity index (χ4v) is 3.80. The number of thiophene rings is 1. The minimum Gasteiger partial charge on any atom is -0.369 e. The number of aromatic nitrogens is 2. The summed E-state index contributed by atoms with van der Waals surface area (Å²) in [6, 6.07) is 8.38. The molecule has 0 fully saturated rings. The van der Waals surface area contributed by atoms with Crippen molar-refractivity contribution in [2.45, 2.75) is 13.5 Å². The molecule has 22 heavy (non-hydrogen) atoms. The monoisotopic (exact) mass is 314 g/mol. The summed E-state index contributed by atoms with van der Waals surface area (Å²) in [5.74, 6) is 0.159. The third-order valence-electron chi connectivity index (χ3n) is 3.51. The zero-order chi connectivity index (χ0) is 15.9. The number of nitrogen functional groups attached to an aromatic ring is 1. The first-order valence-electron chi connectivity index (χ1n) is 6.98. The Morgan fingerprint density at radius 3 is 2.86 bits per heavy atom. The quantitative estimate of drug-likeness (QED) is 0.779. The molecule has 0 saturated heterocycles. The van der Waals surface area contributed by atoms with Crippen molar-refractivity contribution in [3.8, 4) is 10.4 Å². The van der Waals surface area contributed by atoms with Crippen molar-refractivity contribution >= 4 is 27.5 Å². The molecule has 0 aliphatic rings. The molecule has 6 heteroatoms. The zero-order valence-electron chi connectivity index (χ0n) is 12.8. The molecule has 3 rings (SSSR count). The number of aryl methyl sites for hydroxylation is 1. The zero-order valence-corrected chi connectivity index (χ0v) is 13.6. The molecule has 3 aromatic rings. The Morgan fingerprint density at radius 1 is 1.36 bits per heavy atom. The number of hydrogen-bond donors (Lipinski definition) is 2. The Bertz CT molecular complexity index is 895. The Hall–Kier alpha value is -2.18. The maximum atomic E-state index is 12.1. The van der Waals surface area contributed by atoms with Gasteiger partial charge in [-0.3, -0.25) is 9.78 Å². The Morgan fingerprint density at radius 2 is 2.14 bits per heavy atom. The third kappa shape index (κ3) is 2.63. The predicted octanol–water partition coefficient (Wildman–Crippen LogP) is 2.60. The largest absolute Gasteiger partial charge is 0.369 e. The summed E-state index contributed by atoms with van der Waals surface area (Å²) < 4.78 is 0. The summed E-state index contributed by atoms with van der Waals surface area (Å²) in [6.45, 7) is 2.84. The van der Waals surface area contributed by atoms with Gasteiger partial charge >= 0.3 is 0 Å². The lowest BCUT2D eigenvalue weighted by Gasteiger charge is -2.10. The van der Waals surface area contributed by atoms with E-state index in [-0.39, 0.29) is 11.5 Å². The number of hydrogen-bond acceptors (Lipinski definition) is 5. The lowest BCUT2D eigenvalue weighted by Crippen LogP contribution is -2.10. The minimum atomic E-state index is -0.174. The van der Waals surface area contributed by atoms with Crippen LogP contribution in [0.4, 0.5) is 5.95 Å². The summed E-state index contributed by atoms with van der Waals surface area (Å²) >= 11 is 1.51. The van der Waals surface area contributed by atoms with Crippen molar-refractivity contribution in [2.75, 3.05) is 19.8 Å². The topological polar surface area (TPSA) is 75.0 Å². The summed E-state index contributed by atoms with van der Waals surface area (Å²) in [5.41, 5.74) is 8.76. The van der Waals surface area contributed by atoms with Crippen molar-refractivity contribution in [1.82, 2.24) is 14.9 Å². The van der Waals surface area contributed by atoms with Gasteiger partial charge < -0.3 is 10.6 Å². The van der Waals surface area contributed by atoms with Gasteiger partial charge in [0.1, 0.15) is 4.83 Å². The molecule has 114 valence electrons. The van der Waals surface area contributed by atoms with Crippen LogP contribution in [0.15, 0.2) is 29.1 Å². The number of fused-ring (bicyclic) bond motifs is 1. The van der Waals surface area contributed by atoms with Crippen molar-refractivity contribution in [3.05, 3.63) is 45.7 Å². The van der Waals surface area contributed by atoms with E-state index in [4.69, 9.17) is 5.73 Å². The summed E-state index contributed by atoms with van der Waals surface area (Å²) in [4.78, 5) is 22.8. The van der Waals surface area contributed by atoms with E-state index >= 15 is 0 Å². The highest BCUT2D eigenvalue weighted by Crippen LogP contribution is 2.36. The second kappa shape index (κ2) is 5.55. The van der Waals surface area contributed by atoms with Crippen LogP contribution in [0.2, 0.25) is 0 Å². The number of H-pyrrole nitrogens is 1. The fourth-order valence-electron chi connectivity index (χ4n) is 2.61. The number of nitrogens with zero attached hydrogens (tertiary/aromatic N) is 2. The number of nitrogens with two attached hydrogens (primary N) is 1. The molecule has 0 saturated carbocycles. The van der Waals surface area contributed by atoms with Crippen LogP contribution in [0.5, 0.6) is 0 Å².